The lowest BCUT2D eigenvalue weighted by Crippen LogP contribution is -2.41. The first kappa shape index (κ1) is 22.2. The molecule has 0 spiro atoms. The van der Waals surface area contributed by atoms with E-state index in [0.29, 0.717) is 17.1 Å². The summed E-state index contributed by atoms with van der Waals surface area (Å²) in [5.41, 5.74) is 0.405. The van der Waals surface area contributed by atoms with Gasteiger partial charge in [-0.3, -0.25) is 29.8 Å². The number of nitro groups is 2. The Hall–Kier alpha value is -5.00. The molecular weight excluding hydrogens is 448 g/mol. The van der Waals surface area contributed by atoms with Crippen molar-refractivity contribution in [2.24, 2.45) is 0 Å². The average Bonchev–Trinajstić information content (AvgIpc) is 3.31. The third-order valence-electron chi connectivity index (χ3n) is 4.96. The molecular formula is C22H16N4O8. The van der Waals surface area contributed by atoms with E-state index in [0.717, 1.165) is 0 Å². The largest absolute Gasteiger partial charge is 0.454 e. The monoisotopic (exact) mass is 464 g/mol. The number of amides is 2. The molecule has 0 saturated heterocycles. The SMILES string of the molecule is O=C(NC(NC(=O)c1ccc([N+](=O)[O-])cc1)c1ccc2c(c1)OCO2)c1ccc([N+](=O)[O-])cc1. The minimum atomic E-state index is -1.03. The van der Waals surface area contributed by atoms with Gasteiger partial charge in [0, 0.05) is 35.4 Å². The molecule has 1 heterocycles. The number of benzene rings is 3. The van der Waals surface area contributed by atoms with Crippen molar-refractivity contribution in [3.8, 4) is 11.5 Å². The zero-order chi connectivity index (χ0) is 24.2. The topological polar surface area (TPSA) is 163 Å². The molecule has 0 unspecified atom stereocenters. The molecule has 12 nitrogen and oxygen atoms in total. The van der Waals surface area contributed by atoms with Crippen molar-refractivity contribution in [2.45, 2.75) is 6.17 Å². The van der Waals surface area contributed by atoms with E-state index < -0.39 is 27.8 Å². The summed E-state index contributed by atoms with van der Waals surface area (Å²) >= 11 is 0. The van der Waals surface area contributed by atoms with Gasteiger partial charge in [0.05, 0.1) is 9.85 Å². The van der Waals surface area contributed by atoms with Crippen molar-refractivity contribution in [1.29, 1.82) is 0 Å². The number of fused-ring (bicyclic) bond motifs is 1. The fourth-order valence-electron chi connectivity index (χ4n) is 3.19. The Labute approximate surface area is 191 Å². The second-order valence-corrected chi connectivity index (χ2v) is 7.10. The van der Waals surface area contributed by atoms with Gasteiger partial charge in [-0.1, -0.05) is 6.07 Å². The van der Waals surface area contributed by atoms with E-state index in [2.05, 4.69) is 10.6 Å². The van der Waals surface area contributed by atoms with Crippen LogP contribution in [0.4, 0.5) is 11.4 Å². The summed E-state index contributed by atoms with van der Waals surface area (Å²) in [6.45, 7) is 0.0355. The van der Waals surface area contributed by atoms with Crippen LogP contribution in [0.1, 0.15) is 32.4 Å². The van der Waals surface area contributed by atoms with Crippen LogP contribution in [0.15, 0.2) is 66.7 Å². The van der Waals surface area contributed by atoms with Crippen molar-refractivity contribution in [1.82, 2.24) is 10.6 Å². The van der Waals surface area contributed by atoms with Gasteiger partial charge in [-0.15, -0.1) is 0 Å². The molecule has 2 amide bonds. The zero-order valence-corrected chi connectivity index (χ0v) is 17.3. The molecule has 0 bridgehead atoms. The quantitative estimate of drug-likeness (QED) is 0.306. The summed E-state index contributed by atoms with van der Waals surface area (Å²) in [6, 6.07) is 14.8. The summed E-state index contributed by atoms with van der Waals surface area (Å²) in [4.78, 5) is 46.2. The van der Waals surface area contributed by atoms with E-state index in [4.69, 9.17) is 9.47 Å². The molecule has 3 aromatic rings. The highest BCUT2D eigenvalue weighted by Gasteiger charge is 2.23. The fraction of sp³-hybridized carbons (Fsp3) is 0.0909. The second-order valence-electron chi connectivity index (χ2n) is 7.10. The molecule has 0 aromatic heterocycles. The van der Waals surface area contributed by atoms with E-state index in [1.54, 1.807) is 18.2 Å². The molecule has 2 N–H and O–H groups in total. The van der Waals surface area contributed by atoms with E-state index >= 15 is 0 Å². The number of hydrogen-bond donors (Lipinski definition) is 2. The molecule has 0 aliphatic carbocycles. The first-order valence-electron chi connectivity index (χ1n) is 9.82. The van der Waals surface area contributed by atoms with Crippen LogP contribution < -0.4 is 20.1 Å². The van der Waals surface area contributed by atoms with Crippen LogP contribution in [-0.4, -0.2) is 28.5 Å². The average molecular weight is 464 g/mol. The fourth-order valence-corrected chi connectivity index (χ4v) is 3.19. The number of nitro benzene ring substituents is 2. The minimum Gasteiger partial charge on any atom is -0.454 e. The van der Waals surface area contributed by atoms with E-state index in [-0.39, 0.29) is 29.3 Å². The van der Waals surface area contributed by atoms with E-state index in [9.17, 15) is 29.8 Å². The minimum absolute atomic E-state index is 0.0355. The van der Waals surface area contributed by atoms with Gasteiger partial charge in [0.15, 0.2) is 11.5 Å². The maximum Gasteiger partial charge on any atom is 0.269 e. The normalized spacial score (nSPS) is 11.7. The summed E-state index contributed by atoms with van der Waals surface area (Å²) < 4.78 is 10.7. The Morgan fingerprint density at radius 3 is 1.68 bits per heavy atom. The predicted octanol–water partition coefficient (Wildman–Crippen LogP) is 3.09. The van der Waals surface area contributed by atoms with Crippen LogP contribution in [0.5, 0.6) is 11.5 Å². The number of ether oxygens (including phenoxy) is 2. The van der Waals surface area contributed by atoms with Crippen LogP contribution in [0.3, 0.4) is 0 Å². The van der Waals surface area contributed by atoms with E-state index in [1.807, 2.05) is 0 Å². The van der Waals surface area contributed by atoms with E-state index in [1.165, 1.54) is 48.5 Å². The summed E-state index contributed by atoms with van der Waals surface area (Å²) in [5, 5.41) is 27.0. The first-order chi connectivity index (χ1) is 16.3. The van der Waals surface area contributed by atoms with Crippen LogP contribution >= 0.6 is 0 Å². The van der Waals surface area contributed by atoms with Gasteiger partial charge in [0.2, 0.25) is 6.79 Å². The number of rotatable bonds is 7. The molecule has 0 radical (unpaired) electrons. The standard InChI is InChI=1S/C22H16N4O8/c27-21(13-1-6-16(7-2-13)25(29)30)23-20(15-5-10-18-19(11-15)34-12-33-18)24-22(28)14-3-8-17(9-4-14)26(31)32/h1-11,20H,12H2,(H,23,27)(H,24,28). The molecule has 0 saturated carbocycles. The molecule has 34 heavy (non-hydrogen) atoms. The van der Waals surface area contributed by atoms with Gasteiger partial charge in [0.25, 0.3) is 23.2 Å². The smallest absolute Gasteiger partial charge is 0.269 e. The molecule has 1 aliphatic rings. The number of nitrogens with one attached hydrogen (secondary N) is 2. The third-order valence-corrected chi connectivity index (χ3v) is 4.96. The lowest BCUT2D eigenvalue weighted by Gasteiger charge is -2.21. The number of carbonyl (C=O) groups excluding carboxylic acids is 2. The van der Waals surface area contributed by atoms with Crippen molar-refractivity contribution in [3.63, 3.8) is 0 Å². The summed E-state index contributed by atoms with van der Waals surface area (Å²) in [5.74, 6) is -0.259. The Morgan fingerprint density at radius 1 is 0.735 bits per heavy atom. The Bertz CT molecular complexity index is 1200. The number of hydrogen-bond acceptors (Lipinski definition) is 8. The van der Waals surface area contributed by atoms with Gasteiger partial charge in [-0.05, 0) is 42.0 Å². The van der Waals surface area contributed by atoms with Gasteiger partial charge >= 0.3 is 0 Å². The highest BCUT2D eigenvalue weighted by atomic mass is 16.7. The lowest BCUT2D eigenvalue weighted by atomic mass is 10.1. The summed E-state index contributed by atoms with van der Waals surface area (Å²) in [7, 11) is 0. The Morgan fingerprint density at radius 2 is 1.21 bits per heavy atom. The van der Waals surface area contributed by atoms with Crippen molar-refractivity contribution < 1.29 is 28.9 Å². The van der Waals surface area contributed by atoms with Crippen molar-refractivity contribution in [3.05, 3.63) is 104 Å². The molecule has 3 aromatic carbocycles. The second kappa shape index (κ2) is 9.24. The highest BCUT2D eigenvalue weighted by Crippen LogP contribution is 2.34. The van der Waals surface area contributed by atoms with Crippen LogP contribution in [0.25, 0.3) is 0 Å². The lowest BCUT2D eigenvalue weighted by molar-refractivity contribution is -0.385. The maximum atomic E-state index is 12.8. The summed E-state index contributed by atoms with van der Waals surface area (Å²) in [6.07, 6.45) is -1.03. The van der Waals surface area contributed by atoms with Crippen LogP contribution in [-0.2, 0) is 0 Å². The molecule has 12 heteroatoms. The number of carbonyl (C=O) groups is 2. The Kier molecular flexibility index (Phi) is 6.03. The first-order valence-corrected chi connectivity index (χ1v) is 9.82. The van der Waals surface area contributed by atoms with Gasteiger partial charge in [-0.2, -0.15) is 0 Å². The number of non-ortho nitro benzene ring substituents is 2. The highest BCUT2D eigenvalue weighted by molar-refractivity contribution is 5.97. The van der Waals surface area contributed by atoms with Crippen molar-refractivity contribution in [2.75, 3.05) is 6.79 Å². The third kappa shape index (κ3) is 4.75. The predicted molar refractivity (Wildman–Crippen MR) is 116 cm³/mol. The zero-order valence-electron chi connectivity index (χ0n) is 17.3. The van der Waals surface area contributed by atoms with Gasteiger partial charge < -0.3 is 20.1 Å². The molecule has 0 fully saturated rings. The number of nitrogens with zero attached hydrogens (tertiary/aromatic N) is 2. The van der Waals surface area contributed by atoms with Crippen molar-refractivity contribution >= 4 is 23.2 Å². The molecule has 0 atom stereocenters. The molecule has 172 valence electrons. The van der Waals surface area contributed by atoms with Crippen LogP contribution in [0, 0.1) is 20.2 Å². The Balaban J connectivity index is 1.58. The molecule has 4 rings (SSSR count). The van der Waals surface area contributed by atoms with Gasteiger partial charge in [-0.25, -0.2) is 0 Å². The maximum absolute atomic E-state index is 12.8. The molecule has 1 aliphatic heterocycles. The van der Waals surface area contributed by atoms with Gasteiger partial charge in [0.1, 0.15) is 6.17 Å². The van der Waals surface area contributed by atoms with Crippen LogP contribution in [0.2, 0.25) is 0 Å².